The number of rotatable bonds is 4. The zero-order valence-electron chi connectivity index (χ0n) is 8.14. The van der Waals surface area contributed by atoms with E-state index in [9.17, 15) is 0 Å². The molecular weight excluding hydrogens is 275 g/mol. The Balaban J connectivity index is 2.79. The second kappa shape index (κ2) is 5.47. The lowest BCUT2D eigenvalue weighted by atomic mass is 10.1. The molecule has 72 valence electrons. The quantitative estimate of drug-likeness (QED) is 0.606. The first-order valence-electron chi connectivity index (χ1n) is 4.56. The summed E-state index contributed by atoms with van der Waals surface area (Å²) in [6.45, 7) is 5.05. The van der Waals surface area contributed by atoms with E-state index in [1.807, 2.05) is 0 Å². The van der Waals surface area contributed by atoms with Crippen molar-refractivity contribution >= 4 is 22.6 Å². The second-order valence-electron chi connectivity index (χ2n) is 3.09. The maximum Gasteiger partial charge on any atom is 0.123 e. The number of ether oxygens (including phenoxy) is 1. The molecule has 0 radical (unpaired) electrons. The summed E-state index contributed by atoms with van der Waals surface area (Å²) in [6.07, 6.45) is 1.06. The van der Waals surface area contributed by atoms with Gasteiger partial charge < -0.3 is 4.74 Å². The van der Waals surface area contributed by atoms with Gasteiger partial charge in [0.1, 0.15) is 5.75 Å². The summed E-state index contributed by atoms with van der Waals surface area (Å²) in [6, 6.07) is 6.36. The summed E-state index contributed by atoms with van der Waals surface area (Å²) in [5, 5.41) is 0. The second-order valence-corrected chi connectivity index (χ2v) is 3.86. The molecule has 0 aliphatic heterocycles. The molecule has 2 heteroatoms. The Hall–Kier alpha value is -0.250. The molecule has 1 aromatic carbocycles. The van der Waals surface area contributed by atoms with Crippen LogP contribution in [0, 0.1) is 6.92 Å². The maximum absolute atomic E-state index is 5.63. The van der Waals surface area contributed by atoms with Crippen LogP contribution in [-0.4, -0.2) is 6.61 Å². The molecule has 13 heavy (non-hydrogen) atoms. The van der Waals surface area contributed by atoms with Gasteiger partial charge in [0.05, 0.1) is 6.61 Å². The fraction of sp³-hybridized carbons (Fsp3) is 0.455. The molecule has 0 aliphatic carbocycles. The molecule has 0 saturated heterocycles. The highest BCUT2D eigenvalue weighted by Crippen LogP contribution is 2.22. The number of alkyl halides is 1. The lowest BCUT2D eigenvalue weighted by Crippen LogP contribution is -1.97. The lowest BCUT2D eigenvalue weighted by molar-refractivity contribution is 0.315. The summed E-state index contributed by atoms with van der Waals surface area (Å²) in [7, 11) is 0. The predicted octanol–water partition coefficient (Wildman–Crippen LogP) is 3.72. The average molecular weight is 290 g/mol. The van der Waals surface area contributed by atoms with Gasteiger partial charge in [-0.05, 0) is 19.4 Å². The van der Waals surface area contributed by atoms with Crippen LogP contribution in [0.3, 0.4) is 0 Å². The smallest absolute Gasteiger partial charge is 0.123 e. The van der Waals surface area contributed by atoms with Gasteiger partial charge in [-0.3, -0.25) is 0 Å². The van der Waals surface area contributed by atoms with Gasteiger partial charge in [0.15, 0.2) is 0 Å². The summed E-state index contributed by atoms with van der Waals surface area (Å²) in [5.41, 5.74) is 2.60. The lowest BCUT2D eigenvalue weighted by Gasteiger charge is -2.09. The molecule has 0 saturated carbocycles. The van der Waals surface area contributed by atoms with E-state index < -0.39 is 0 Å². The first-order valence-corrected chi connectivity index (χ1v) is 6.08. The van der Waals surface area contributed by atoms with Crippen LogP contribution in [0.4, 0.5) is 0 Å². The fourth-order valence-corrected chi connectivity index (χ4v) is 1.76. The highest BCUT2D eigenvalue weighted by atomic mass is 127. The Morgan fingerprint density at radius 1 is 1.38 bits per heavy atom. The molecular formula is C11H15IO. The van der Waals surface area contributed by atoms with Crippen molar-refractivity contribution in [2.75, 3.05) is 6.61 Å². The monoisotopic (exact) mass is 290 g/mol. The Kier molecular flexibility index (Phi) is 4.56. The van der Waals surface area contributed by atoms with Crippen molar-refractivity contribution in [1.82, 2.24) is 0 Å². The minimum absolute atomic E-state index is 0.812. The number of benzene rings is 1. The molecule has 0 fully saturated rings. The van der Waals surface area contributed by atoms with E-state index in [0.717, 1.165) is 23.2 Å². The molecule has 0 unspecified atom stereocenters. The van der Waals surface area contributed by atoms with Crippen molar-refractivity contribution in [2.45, 2.75) is 24.7 Å². The summed E-state index contributed by atoms with van der Waals surface area (Å²) < 4.78 is 6.64. The van der Waals surface area contributed by atoms with Crippen molar-refractivity contribution in [3.8, 4) is 5.75 Å². The molecule has 0 aromatic heterocycles. The van der Waals surface area contributed by atoms with Crippen LogP contribution in [0.5, 0.6) is 5.75 Å². The molecule has 0 N–H and O–H groups in total. The van der Waals surface area contributed by atoms with Crippen LogP contribution in [0.2, 0.25) is 0 Å². The molecule has 0 aliphatic rings. The van der Waals surface area contributed by atoms with Crippen LogP contribution in [-0.2, 0) is 4.43 Å². The van der Waals surface area contributed by atoms with E-state index in [1.54, 1.807) is 0 Å². The zero-order chi connectivity index (χ0) is 9.68. The summed E-state index contributed by atoms with van der Waals surface area (Å²) >= 11 is 2.37. The van der Waals surface area contributed by atoms with Crippen LogP contribution < -0.4 is 4.74 Å². The molecule has 0 heterocycles. The predicted molar refractivity (Wildman–Crippen MR) is 64.7 cm³/mol. The maximum atomic E-state index is 5.63. The summed E-state index contributed by atoms with van der Waals surface area (Å²) in [4.78, 5) is 0. The van der Waals surface area contributed by atoms with Gasteiger partial charge in [0.25, 0.3) is 0 Å². The van der Waals surface area contributed by atoms with E-state index in [4.69, 9.17) is 4.74 Å². The third-order valence-corrected chi connectivity index (χ3v) is 2.64. The molecule has 0 spiro atoms. The Morgan fingerprint density at radius 2 is 2.15 bits per heavy atom. The Labute approximate surface area is 93.6 Å². The van der Waals surface area contributed by atoms with Gasteiger partial charge in [-0.1, -0.05) is 47.2 Å². The van der Waals surface area contributed by atoms with Gasteiger partial charge in [0.2, 0.25) is 0 Å². The SMILES string of the molecule is CCCOc1ccc(C)cc1CI. The van der Waals surface area contributed by atoms with Crippen LogP contribution in [0.15, 0.2) is 18.2 Å². The third kappa shape index (κ3) is 3.18. The van der Waals surface area contributed by atoms with E-state index in [-0.39, 0.29) is 0 Å². The topological polar surface area (TPSA) is 9.23 Å². The van der Waals surface area contributed by atoms with Gasteiger partial charge in [-0.25, -0.2) is 0 Å². The standard InChI is InChI=1S/C11H15IO/c1-3-6-13-11-5-4-9(2)7-10(11)8-12/h4-5,7H,3,6,8H2,1-2H3. The normalized spacial score (nSPS) is 10.1. The van der Waals surface area contributed by atoms with E-state index in [0.29, 0.717) is 0 Å². The highest BCUT2D eigenvalue weighted by molar-refractivity contribution is 14.1. The number of halogens is 1. The third-order valence-electron chi connectivity index (χ3n) is 1.82. The molecule has 0 amide bonds. The van der Waals surface area contributed by atoms with E-state index in [2.05, 4.69) is 54.6 Å². The van der Waals surface area contributed by atoms with Crippen molar-refractivity contribution in [2.24, 2.45) is 0 Å². The zero-order valence-corrected chi connectivity index (χ0v) is 10.3. The fourth-order valence-electron chi connectivity index (χ4n) is 1.17. The van der Waals surface area contributed by atoms with Gasteiger partial charge >= 0.3 is 0 Å². The van der Waals surface area contributed by atoms with Gasteiger partial charge in [-0.15, -0.1) is 0 Å². The first kappa shape index (κ1) is 10.8. The first-order chi connectivity index (χ1) is 6.27. The van der Waals surface area contributed by atoms with Crippen molar-refractivity contribution in [3.63, 3.8) is 0 Å². The largest absolute Gasteiger partial charge is 0.493 e. The number of hydrogen-bond acceptors (Lipinski definition) is 1. The van der Waals surface area contributed by atoms with E-state index in [1.165, 1.54) is 11.1 Å². The van der Waals surface area contributed by atoms with Crippen LogP contribution in [0.1, 0.15) is 24.5 Å². The molecule has 0 bridgehead atoms. The Bertz CT molecular complexity index is 271. The van der Waals surface area contributed by atoms with Gasteiger partial charge in [-0.2, -0.15) is 0 Å². The van der Waals surface area contributed by atoms with Crippen LogP contribution in [0.25, 0.3) is 0 Å². The number of hydrogen-bond donors (Lipinski definition) is 0. The van der Waals surface area contributed by atoms with Crippen molar-refractivity contribution < 1.29 is 4.74 Å². The van der Waals surface area contributed by atoms with Crippen molar-refractivity contribution in [1.29, 1.82) is 0 Å². The number of aryl methyl sites for hydroxylation is 1. The average Bonchev–Trinajstić information content (AvgIpc) is 2.16. The Morgan fingerprint density at radius 3 is 2.77 bits per heavy atom. The van der Waals surface area contributed by atoms with E-state index >= 15 is 0 Å². The van der Waals surface area contributed by atoms with Crippen LogP contribution >= 0.6 is 22.6 Å². The molecule has 1 nitrogen and oxygen atoms in total. The summed E-state index contributed by atoms with van der Waals surface area (Å²) in [5.74, 6) is 1.04. The molecule has 1 aromatic rings. The minimum Gasteiger partial charge on any atom is -0.493 e. The molecule has 0 atom stereocenters. The minimum atomic E-state index is 0.812. The van der Waals surface area contributed by atoms with Gasteiger partial charge in [0, 0.05) is 9.99 Å². The highest BCUT2D eigenvalue weighted by Gasteiger charge is 2.01. The molecule has 1 rings (SSSR count). The van der Waals surface area contributed by atoms with Crippen molar-refractivity contribution in [3.05, 3.63) is 29.3 Å².